The predicted octanol–water partition coefficient (Wildman–Crippen LogP) is 2.46. The molecule has 0 aromatic heterocycles. The number of hydrogen-bond acceptors (Lipinski definition) is 2. The van der Waals surface area contributed by atoms with Crippen LogP contribution in [0.2, 0.25) is 0 Å². The molecule has 1 aliphatic heterocycles. The van der Waals surface area contributed by atoms with E-state index in [4.69, 9.17) is 4.74 Å². The number of aryl methyl sites for hydroxylation is 1. The molecule has 0 unspecified atom stereocenters. The van der Waals surface area contributed by atoms with Gasteiger partial charge in [-0.2, -0.15) is 0 Å². The topological polar surface area (TPSA) is 21.3 Å². The van der Waals surface area contributed by atoms with Gasteiger partial charge in [0.1, 0.15) is 5.75 Å². The molecule has 1 N–H and O–H groups in total. The maximum Gasteiger partial charge on any atom is 0.121 e. The molecule has 2 nitrogen and oxygen atoms in total. The Labute approximate surface area is 91.1 Å². The number of methoxy groups -OCH3 is 1. The summed E-state index contributed by atoms with van der Waals surface area (Å²) in [4.78, 5) is 0. The van der Waals surface area contributed by atoms with Crippen LogP contribution in [0.5, 0.6) is 5.75 Å². The Hall–Kier alpha value is -0.730. The second-order valence-electron chi connectivity index (χ2n) is 3.52. The molecule has 2 rings (SSSR count). The molecule has 1 fully saturated rings. The smallest absolute Gasteiger partial charge is 0.121 e. The average molecular weight is 214 g/mol. The van der Waals surface area contributed by atoms with Crippen molar-refractivity contribution in [2.45, 2.75) is 19.4 Å². The summed E-state index contributed by atoms with van der Waals surface area (Å²) in [5, 5.41) is 3.39. The van der Waals surface area contributed by atoms with Crippen LogP contribution >= 0.6 is 12.4 Å². The molecule has 1 heterocycles. The minimum atomic E-state index is 0. The highest BCUT2D eigenvalue weighted by Crippen LogP contribution is 2.27. The Balaban J connectivity index is 0.000000980. The fourth-order valence-electron chi connectivity index (χ4n) is 1.69. The lowest BCUT2D eigenvalue weighted by Crippen LogP contribution is -2.34. The third-order valence-corrected chi connectivity index (χ3v) is 2.65. The van der Waals surface area contributed by atoms with Crippen molar-refractivity contribution < 1.29 is 4.74 Å². The first kappa shape index (κ1) is 11.3. The van der Waals surface area contributed by atoms with Crippen molar-refractivity contribution in [2.24, 2.45) is 0 Å². The third-order valence-electron chi connectivity index (χ3n) is 2.65. The number of nitrogens with one attached hydrogen (secondary N) is 1. The van der Waals surface area contributed by atoms with E-state index in [-0.39, 0.29) is 12.4 Å². The Kier molecular flexibility index (Phi) is 3.78. The van der Waals surface area contributed by atoms with Crippen LogP contribution in [0, 0.1) is 6.92 Å². The molecule has 0 bridgehead atoms. The first-order valence-electron chi connectivity index (χ1n) is 4.69. The zero-order chi connectivity index (χ0) is 9.26. The van der Waals surface area contributed by atoms with Crippen molar-refractivity contribution in [3.8, 4) is 5.75 Å². The highest BCUT2D eigenvalue weighted by atomic mass is 35.5. The van der Waals surface area contributed by atoms with Gasteiger partial charge < -0.3 is 10.1 Å². The zero-order valence-electron chi connectivity index (χ0n) is 8.54. The summed E-state index contributed by atoms with van der Waals surface area (Å²) in [6.45, 7) is 3.23. The quantitative estimate of drug-likeness (QED) is 0.815. The van der Waals surface area contributed by atoms with Gasteiger partial charge in [-0.05, 0) is 37.1 Å². The highest BCUT2D eigenvalue weighted by Gasteiger charge is 2.18. The van der Waals surface area contributed by atoms with Gasteiger partial charge in [0.25, 0.3) is 0 Å². The molecule has 1 aromatic carbocycles. The van der Waals surface area contributed by atoms with Gasteiger partial charge in [0.05, 0.1) is 7.11 Å². The van der Waals surface area contributed by atoms with E-state index in [0.29, 0.717) is 6.04 Å². The van der Waals surface area contributed by atoms with Crippen molar-refractivity contribution in [1.29, 1.82) is 0 Å². The van der Waals surface area contributed by atoms with E-state index >= 15 is 0 Å². The van der Waals surface area contributed by atoms with Crippen LogP contribution in [0.15, 0.2) is 18.2 Å². The van der Waals surface area contributed by atoms with Crippen molar-refractivity contribution in [3.63, 3.8) is 0 Å². The van der Waals surface area contributed by atoms with Crippen molar-refractivity contribution in [1.82, 2.24) is 5.32 Å². The number of halogens is 1. The van der Waals surface area contributed by atoms with Crippen LogP contribution in [0.3, 0.4) is 0 Å². The summed E-state index contributed by atoms with van der Waals surface area (Å²) in [6, 6.07) is 6.97. The number of benzene rings is 1. The highest BCUT2D eigenvalue weighted by molar-refractivity contribution is 5.85. The molecular formula is C11H16ClNO. The standard InChI is InChI=1S/C11H15NO.ClH/c1-8-7-9(10-5-6-12-10)3-4-11(8)13-2;/h3-4,7,10,12H,5-6H2,1-2H3;1H/t10-;/m0./s1. The van der Waals surface area contributed by atoms with E-state index in [1.165, 1.54) is 17.5 Å². The molecule has 1 aromatic rings. The molecule has 1 aliphatic rings. The second kappa shape index (κ2) is 4.67. The molecule has 0 spiro atoms. The lowest BCUT2D eigenvalue weighted by molar-refractivity contribution is 0.381. The first-order valence-corrected chi connectivity index (χ1v) is 4.69. The zero-order valence-corrected chi connectivity index (χ0v) is 9.36. The minimum absolute atomic E-state index is 0. The average Bonchev–Trinajstić information content (AvgIpc) is 2.01. The maximum absolute atomic E-state index is 5.21. The number of rotatable bonds is 2. The van der Waals surface area contributed by atoms with Crippen LogP contribution in [-0.4, -0.2) is 13.7 Å². The van der Waals surface area contributed by atoms with Crippen LogP contribution in [0.1, 0.15) is 23.6 Å². The molecule has 78 valence electrons. The van der Waals surface area contributed by atoms with Gasteiger partial charge in [0.15, 0.2) is 0 Å². The molecule has 0 radical (unpaired) electrons. The van der Waals surface area contributed by atoms with Gasteiger partial charge in [0.2, 0.25) is 0 Å². The normalized spacial score (nSPS) is 19.4. The summed E-state index contributed by atoms with van der Waals surface area (Å²) >= 11 is 0. The van der Waals surface area contributed by atoms with Gasteiger partial charge in [-0.15, -0.1) is 12.4 Å². The largest absolute Gasteiger partial charge is 0.496 e. The first-order chi connectivity index (χ1) is 6.31. The fraction of sp³-hybridized carbons (Fsp3) is 0.455. The van der Waals surface area contributed by atoms with Crippen molar-refractivity contribution in [3.05, 3.63) is 29.3 Å². The van der Waals surface area contributed by atoms with E-state index in [9.17, 15) is 0 Å². The Morgan fingerprint density at radius 1 is 1.43 bits per heavy atom. The molecule has 1 saturated heterocycles. The lowest BCUT2D eigenvalue weighted by Gasteiger charge is -2.28. The van der Waals surface area contributed by atoms with Gasteiger partial charge >= 0.3 is 0 Å². The maximum atomic E-state index is 5.21. The summed E-state index contributed by atoms with van der Waals surface area (Å²) in [5.74, 6) is 0.975. The van der Waals surface area contributed by atoms with Crippen LogP contribution in [0.4, 0.5) is 0 Å². The molecule has 0 saturated carbocycles. The monoisotopic (exact) mass is 213 g/mol. The molecule has 0 amide bonds. The van der Waals surface area contributed by atoms with Crippen LogP contribution in [0.25, 0.3) is 0 Å². The van der Waals surface area contributed by atoms with Crippen LogP contribution in [-0.2, 0) is 0 Å². The molecule has 14 heavy (non-hydrogen) atoms. The van der Waals surface area contributed by atoms with Crippen molar-refractivity contribution in [2.75, 3.05) is 13.7 Å². The Bertz CT molecular complexity index is 310. The van der Waals surface area contributed by atoms with E-state index in [2.05, 4.69) is 24.4 Å². The van der Waals surface area contributed by atoms with Gasteiger partial charge in [-0.3, -0.25) is 0 Å². The molecule has 1 atom stereocenters. The molecular weight excluding hydrogens is 198 g/mol. The summed E-state index contributed by atoms with van der Waals surface area (Å²) in [5.41, 5.74) is 2.60. The predicted molar refractivity (Wildman–Crippen MR) is 60.3 cm³/mol. The van der Waals surface area contributed by atoms with E-state index < -0.39 is 0 Å². The number of hydrogen-bond donors (Lipinski definition) is 1. The SMILES string of the molecule is COc1ccc([C@@H]2CCN2)cc1C.Cl. The minimum Gasteiger partial charge on any atom is -0.496 e. The van der Waals surface area contributed by atoms with Gasteiger partial charge in [0, 0.05) is 6.04 Å². The van der Waals surface area contributed by atoms with E-state index in [1.807, 2.05) is 6.07 Å². The number of ether oxygens (including phenoxy) is 1. The molecule has 3 heteroatoms. The summed E-state index contributed by atoms with van der Waals surface area (Å²) < 4.78 is 5.21. The van der Waals surface area contributed by atoms with E-state index in [0.717, 1.165) is 12.3 Å². The van der Waals surface area contributed by atoms with Crippen LogP contribution < -0.4 is 10.1 Å². The van der Waals surface area contributed by atoms with Gasteiger partial charge in [-0.25, -0.2) is 0 Å². The summed E-state index contributed by atoms with van der Waals surface area (Å²) in [6.07, 6.45) is 1.26. The fourth-order valence-corrected chi connectivity index (χ4v) is 1.69. The Morgan fingerprint density at radius 2 is 2.14 bits per heavy atom. The molecule has 0 aliphatic carbocycles. The van der Waals surface area contributed by atoms with Crippen molar-refractivity contribution >= 4 is 12.4 Å². The summed E-state index contributed by atoms with van der Waals surface area (Å²) in [7, 11) is 1.71. The second-order valence-corrected chi connectivity index (χ2v) is 3.52. The van der Waals surface area contributed by atoms with E-state index in [1.54, 1.807) is 7.11 Å². The lowest BCUT2D eigenvalue weighted by atomic mass is 9.96. The Morgan fingerprint density at radius 3 is 2.57 bits per heavy atom. The third kappa shape index (κ3) is 2.02. The van der Waals surface area contributed by atoms with Gasteiger partial charge in [-0.1, -0.05) is 12.1 Å².